The molecule has 0 amide bonds. The SMILES string of the molecule is C=Nc1c(S)c2ccccc2c2ccccc12.Cc1c(C)c(=C/F)/c(=C2\C3=CC(C)CCN3CCC2(C)C)oc1=O. The first-order valence-electron chi connectivity index (χ1n) is 14.1. The minimum absolute atomic E-state index is 0.172. The van der Waals surface area contributed by atoms with Crippen molar-refractivity contribution >= 4 is 58.5 Å². The number of benzene rings is 3. The van der Waals surface area contributed by atoms with E-state index in [2.05, 4.69) is 80.4 Å². The molecular weight excluding hydrogens is 531 g/mol. The van der Waals surface area contributed by atoms with Crippen LogP contribution in [0.4, 0.5) is 10.1 Å². The number of fused-ring (bicyclic) bond motifs is 4. The number of nitrogens with zero attached hydrogens (tertiary/aromatic N) is 2. The molecule has 41 heavy (non-hydrogen) atoms. The third-order valence-electron chi connectivity index (χ3n) is 8.66. The van der Waals surface area contributed by atoms with Crippen LogP contribution in [-0.4, -0.2) is 24.7 Å². The molecule has 1 saturated heterocycles. The molecule has 1 fully saturated rings. The minimum atomic E-state index is -0.377. The summed E-state index contributed by atoms with van der Waals surface area (Å²) in [6.07, 6.45) is 4.90. The first kappa shape index (κ1) is 28.9. The lowest BCUT2D eigenvalue weighted by Crippen LogP contribution is -2.46. The normalized spacial score (nSPS) is 19.9. The second-order valence-electron chi connectivity index (χ2n) is 11.8. The Morgan fingerprint density at radius 3 is 2.27 bits per heavy atom. The van der Waals surface area contributed by atoms with Gasteiger partial charge in [-0.05, 0) is 66.5 Å². The molecule has 6 rings (SSSR count). The van der Waals surface area contributed by atoms with Gasteiger partial charge in [-0.25, -0.2) is 9.18 Å². The van der Waals surface area contributed by atoms with E-state index in [1.807, 2.05) is 24.3 Å². The molecule has 212 valence electrons. The largest absolute Gasteiger partial charge is 0.422 e. The highest BCUT2D eigenvalue weighted by Crippen LogP contribution is 2.44. The van der Waals surface area contributed by atoms with Crippen molar-refractivity contribution in [1.82, 2.24) is 4.90 Å². The van der Waals surface area contributed by atoms with Crippen molar-refractivity contribution in [2.45, 2.75) is 52.4 Å². The number of hydrogen-bond donors (Lipinski definition) is 1. The molecule has 3 heterocycles. The number of aliphatic imine (C=N–C) groups is 1. The maximum atomic E-state index is 13.7. The predicted molar refractivity (Wildman–Crippen MR) is 172 cm³/mol. The second-order valence-corrected chi connectivity index (χ2v) is 12.2. The highest BCUT2D eigenvalue weighted by Gasteiger charge is 2.37. The number of rotatable bonds is 1. The van der Waals surface area contributed by atoms with Crippen molar-refractivity contribution in [1.29, 1.82) is 0 Å². The van der Waals surface area contributed by atoms with Gasteiger partial charge in [0.1, 0.15) is 5.42 Å². The summed E-state index contributed by atoms with van der Waals surface area (Å²) >= 11 is 4.59. The molecule has 1 atom stereocenters. The maximum absolute atomic E-state index is 13.7. The van der Waals surface area contributed by atoms with Crippen molar-refractivity contribution in [3.8, 4) is 0 Å². The molecule has 3 aromatic carbocycles. The lowest BCUT2D eigenvalue weighted by atomic mass is 9.74. The lowest BCUT2D eigenvalue weighted by molar-refractivity contribution is 0.236. The van der Waals surface area contributed by atoms with Gasteiger partial charge in [-0.1, -0.05) is 75.4 Å². The molecule has 6 heteroatoms. The van der Waals surface area contributed by atoms with Crippen LogP contribution < -0.4 is 16.3 Å². The zero-order valence-electron chi connectivity index (χ0n) is 24.4. The molecule has 1 unspecified atom stereocenters. The summed E-state index contributed by atoms with van der Waals surface area (Å²) in [7, 11) is 0. The Bertz CT molecular complexity index is 1890. The van der Waals surface area contributed by atoms with Gasteiger partial charge in [0.15, 0.2) is 0 Å². The molecule has 2 aliphatic rings. The van der Waals surface area contributed by atoms with Crippen LogP contribution in [0.2, 0.25) is 0 Å². The van der Waals surface area contributed by atoms with Gasteiger partial charge in [0.2, 0.25) is 0 Å². The molecule has 0 aliphatic carbocycles. The van der Waals surface area contributed by atoms with E-state index in [1.165, 1.54) is 10.8 Å². The first-order chi connectivity index (χ1) is 19.6. The number of piperidine rings is 1. The second kappa shape index (κ2) is 11.3. The predicted octanol–water partition coefficient (Wildman–Crippen LogP) is 7.38. The minimum Gasteiger partial charge on any atom is -0.422 e. The van der Waals surface area contributed by atoms with Crippen LogP contribution in [-0.2, 0) is 0 Å². The van der Waals surface area contributed by atoms with E-state index in [4.69, 9.17) is 4.42 Å². The summed E-state index contributed by atoms with van der Waals surface area (Å²) in [5.74, 6) is 0.469. The smallest absolute Gasteiger partial charge is 0.339 e. The van der Waals surface area contributed by atoms with E-state index < -0.39 is 0 Å². The van der Waals surface area contributed by atoms with Crippen LogP contribution in [0.25, 0.3) is 33.4 Å². The summed E-state index contributed by atoms with van der Waals surface area (Å²) in [5, 5.41) is 5.03. The topological polar surface area (TPSA) is 45.8 Å². The van der Waals surface area contributed by atoms with Gasteiger partial charge in [-0.15, -0.1) is 12.6 Å². The third-order valence-corrected chi connectivity index (χ3v) is 9.11. The van der Waals surface area contributed by atoms with Crippen molar-refractivity contribution in [2.24, 2.45) is 16.3 Å². The molecular formula is C35H37FN2O2S. The van der Waals surface area contributed by atoms with Crippen molar-refractivity contribution in [3.05, 3.63) is 92.5 Å². The number of thiol groups is 1. The fraction of sp³-hybridized carbons (Fsp3) is 0.314. The van der Waals surface area contributed by atoms with Crippen molar-refractivity contribution in [3.63, 3.8) is 0 Å². The van der Waals surface area contributed by atoms with E-state index in [9.17, 15) is 9.18 Å². The Kier molecular flexibility index (Phi) is 7.97. The zero-order chi connectivity index (χ0) is 29.5. The van der Waals surface area contributed by atoms with Gasteiger partial charge in [-0.3, -0.25) is 4.99 Å². The Hall–Kier alpha value is -3.64. The fourth-order valence-electron chi connectivity index (χ4n) is 6.05. The molecule has 2 aliphatic heterocycles. The molecule has 0 saturated carbocycles. The van der Waals surface area contributed by atoms with E-state index in [-0.39, 0.29) is 11.0 Å². The summed E-state index contributed by atoms with van der Waals surface area (Å²) in [6, 6.07) is 16.5. The quantitative estimate of drug-likeness (QED) is 0.148. The Balaban J connectivity index is 0.000000174. The molecule has 4 aromatic rings. The Morgan fingerprint density at radius 2 is 1.63 bits per heavy atom. The molecule has 0 bridgehead atoms. The van der Waals surface area contributed by atoms with Crippen LogP contribution in [0.15, 0.2) is 79.4 Å². The van der Waals surface area contributed by atoms with E-state index in [1.54, 1.807) is 13.8 Å². The maximum Gasteiger partial charge on any atom is 0.339 e. The Labute approximate surface area is 246 Å². The summed E-state index contributed by atoms with van der Waals surface area (Å²) in [5.41, 5.74) is 3.92. The average Bonchev–Trinajstić information content (AvgIpc) is 2.96. The van der Waals surface area contributed by atoms with Crippen molar-refractivity contribution in [2.75, 3.05) is 13.1 Å². The molecule has 1 aromatic heterocycles. The van der Waals surface area contributed by atoms with Gasteiger partial charge in [0.05, 0.1) is 12.0 Å². The molecule has 0 N–H and O–H groups in total. The monoisotopic (exact) mass is 568 g/mol. The fourth-order valence-corrected chi connectivity index (χ4v) is 6.44. The third kappa shape index (κ3) is 5.14. The van der Waals surface area contributed by atoms with Crippen LogP contribution >= 0.6 is 12.6 Å². The highest BCUT2D eigenvalue weighted by atomic mass is 32.1. The number of halogens is 1. The van der Waals surface area contributed by atoms with E-state index in [0.29, 0.717) is 34.0 Å². The van der Waals surface area contributed by atoms with Crippen LogP contribution in [0.5, 0.6) is 0 Å². The van der Waals surface area contributed by atoms with Crippen molar-refractivity contribution < 1.29 is 8.81 Å². The van der Waals surface area contributed by atoms with Gasteiger partial charge >= 0.3 is 5.63 Å². The summed E-state index contributed by atoms with van der Waals surface area (Å²) in [6.45, 7) is 15.6. The van der Waals surface area contributed by atoms with Gasteiger partial charge in [-0.2, -0.15) is 0 Å². The first-order valence-corrected chi connectivity index (χ1v) is 14.6. The lowest BCUT2D eigenvalue weighted by Gasteiger charge is -2.45. The molecule has 0 radical (unpaired) electrons. The molecule has 4 nitrogen and oxygen atoms in total. The van der Waals surface area contributed by atoms with E-state index >= 15 is 0 Å². The van der Waals surface area contributed by atoms with Gasteiger partial charge in [0, 0.05) is 45.4 Å². The van der Waals surface area contributed by atoms with Gasteiger partial charge < -0.3 is 9.32 Å². The number of allylic oxidation sites excluding steroid dienone is 2. The van der Waals surface area contributed by atoms with Gasteiger partial charge in [0.25, 0.3) is 0 Å². The van der Waals surface area contributed by atoms with Crippen LogP contribution in [0, 0.1) is 25.2 Å². The van der Waals surface area contributed by atoms with Crippen LogP contribution in [0.1, 0.15) is 44.7 Å². The highest BCUT2D eigenvalue weighted by molar-refractivity contribution is 7.80. The molecule has 0 spiro atoms. The average molecular weight is 569 g/mol. The zero-order valence-corrected chi connectivity index (χ0v) is 25.3. The van der Waals surface area contributed by atoms with E-state index in [0.717, 1.165) is 58.6 Å². The summed E-state index contributed by atoms with van der Waals surface area (Å²) < 4.78 is 19.4. The number of hydrogen-bond acceptors (Lipinski definition) is 5. The summed E-state index contributed by atoms with van der Waals surface area (Å²) in [4.78, 5) is 19.6. The Morgan fingerprint density at radius 1 is 1.02 bits per heavy atom. The van der Waals surface area contributed by atoms with Crippen LogP contribution in [0.3, 0.4) is 0 Å². The standard InChI is InChI=1S/C20H26FNO2.C15H11NS/c1-12-6-8-22-9-7-20(4,5)17(16(22)10-12)18-15(11-21)13(2)14(3)19(23)24-18;1-16-14-12-8-4-2-6-10(12)11-7-3-5-9-13(11)15(14)17/h10-12H,6-9H2,1-5H3;2-9,17H,1H2/b15-11-,18-17-;.